The summed E-state index contributed by atoms with van der Waals surface area (Å²) in [5.74, 6) is 1.22. The van der Waals surface area contributed by atoms with Gasteiger partial charge in [0.2, 0.25) is 10.0 Å². The third-order valence-corrected chi connectivity index (χ3v) is 3.85. The van der Waals surface area contributed by atoms with Crippen LogP contribution in [0.4, 0.5) is 11.4 Å². The molecule has 1 aromatic heterocycles. The van der Waals surface area contributed by atoms with E-state index in [2.05, 4.69) is 10.5 Å². The van der Waals surface area contributed by atoms with Gasteiger partial charge in [0.25, 0.3) is 5.69 Å². The second kappa shape index (κ2) is 6.18. The van der Waals surface area contributed by atoms with Gasteiger partial charge in [0.15, 0.2) is 0 Å². The van der Waals surface area contributed by atoms with Crippen molar-refractivity contribution in [2.24, 2.45) is 10.2 Å². The number of hydrogen-bond acceptors (Lipinski definition) is 7. The van der Waals surface area contributed by atoms with E-state index in [0.717, 1.165) is 12.1 Å². The van der Waals surface area contributed by atoms with Crippen LogP contribution in [0.1, 0.15) is 18.4 Å². The minimum Gasteiger partial charge on any atom is -0.460 e. The van der Waals surface area contributed by atoms with E-state index >= 15 is 0 Å². The highest BCUT2D eigenvalue weighted by Crippen LogP contribution is 2.27. The number of anilines is 1. The van der Waals surface area contributed by atoms with Gasteiger partial charge in [0.1, 0.15) is 22.9 Å². The maximum atomic E-state index is 11.3. The Morgan fingerprint density at radius 3 is 2.57 bits per heavy atom. The summed E-state index contributed by atoms with van der Waals surface area (Å²) in [7, 11) is -4.03. The Morgan fingerprint density at radius 2 is 2.04 bits per heavy atom. The lowest BCUT2D eigenvalue weighted by Crippen LogP contribution is -2.12. The van der Waals surface area contributed by atoms with Crippen molar-refractivity contribution in [1.29, 1.82) is 0 Å². The van der Waals surface area contributed by atoms with Crippen LogP contribution in [0.15, 0.2) is 44.7 Å². The molecule has 0 radical (unpaired) electrons. The van der Waals surface area contributed by atoms with Crippen molar-refractivity contribution < 1.29 is 17.8 Å². The first kappa shape index (κ1) is 16.6. The molecule has 9 nitrogen and oxygen atoms in total. The zero-order valence-electron chi connectivity index (χ0n) is 12.3. The standard InChI is InChI=1S/C13H14N4O5S/c1-8-3-6-13(22-8)9(2)15-16-11-5-4-10(23(14,20)21)7-12(11)17(18)19/h3-7,16H,1-2H3,(H2,14,20,21). The van der Waals surface area contributed by atoms with Crippen molar-refractivity contribution in [3.05, 3.63) is 52.0 Å². The summed E-state index contributed by atoms with van der Waals surface area (Å²) in [5.41, 5.74) is 2.58. The fourth-order valence-electron chi connectivity index (χ4n) is 1.76. The van der Waals surface area contributed by atoms with E-state index in [1.807, 2.05) is 0 Å². The second-order valence-electron chi connectivity index (χ2n) is 4.70. The zero-order valence-corrected chi connectivity index (χ0v) is 13.1. The SMILES string of the molecule is CC(=NNc1ccc(S(N)(=O)=O)cc1[N+](=O)[O-])c1ccc(C)o1. The molecule has 23 heavy (non-hydrogen) atoms. The Labute approximate surface area is 132 Å². The molecule has 10 heteroatoms. The average molecular weight is 338 g/mol. The van der Waals surface area contributed by atoms with E-state index < -0.39 is 20.6 Å². The zero-order chi connectivity index (χ0) is 17.2. The van der Waals surface area contributed by atoms with Crippen molar-refractivity contribution in [2.45, 2.75) is 18.7 Å². The molecule has 3 N–H and O–H groups in total. The number of nitrogens with zero attached hydrogens (tertiary/aromatic N) is 2. The molecule has 0 saturated carbocycles. The number of nitrogens with one attached hydrogen (secondary N) is 1. The molecule has 0 amide bonds. The van der Waals surface area contributed by atoms with E-state index in [-0.39, 0.29) is 10.6 Å². The van der Waals surface area contributed by atoms with E-state index in [1.165, 1.54) is 6.07 Å². The molecule has 0 aliphatic carbocycles. The van der Waals surface area contributed by atoms with Crippen molar-refractivity contribution in [1.82, 2.24) is 0 Å². The normalized spacial score (nSPS) is 12.2. The minimum absolute atomic E-state index is 0.0324. The maximum absolute atomic E-state index is 11.3. The molecule has 0 fully saturated rings. The molecule has 0 unspecified atom stereocenters. The molecule has 122 valence electrons. The smallest absolute Gasteiger partial charge is 0.295 e. The van der Waals surface area contributed by atoms with Gasteiger partial charge in [-0.15, -0.1) is 0 Å². The summed E-state index contributed by atoms with van der Waals surface area (Å²) in [6, 6.07) is 6.74. The van der Waals surface area contributed by atoms with Crippen molar-refractivity contribution >= 4 is 27.1 Å². The summed E-state index contributed by atoms with van der Waals surface area (Å²) >= 11 is 0. The third-order valence-electron chi connectivity index (χ3n) is 2.94. The van der Waals surface area contributed by atoms with Gasteiger partial charge in [-0.1, -0.05) is 0 Å². The number of hydrazone groups is 1. The minimum atomic E-state index is -4.03. The summed E-state index contributed by atoms with van der Waals surface area (Å²) < 4.78 is 27.9. The van der Waals surface area contributed by atoms with Gasteiger partial charge in [-0.2, -0.15) is 5.10 Å². The quantitative estimate of drug-likeness (QED) is 0.485. The Kier molecular flexibility index (Phi) is 4.48. The van der Waals surface area contributed by atoms with Crippen LogP contribution in [0.25, 0.3) is 0 Å². The predicted octanol–water partition coefficient (Wildman–Crippen LogP) is 1.98. The summed E-state index contributed by atoms with van der Waals surface area (Å²) in [5, 5.41) is 20.0. The molecule has 0 atom stereocenters. The Morgan fingerprint density at radius 1 is 1.35 bits per heavy atom. The number of primary sulfonamides is 1. The highest BCUT2D eigenvalue weighted by molar-refractivity contribution is 7.89. The van der Waals surface area contributed by atoms with Crippen LogP contribution in [-0.4, -0.2) is 19.1 Å². The summed E-state index contributed by atoms with van der Waals surface area (Å²) in [6.45, 7) is 3.44. The van der Waals surface area contributed by atoms with Crippen LogP contribution in [0.3, 0.4) is 0 Å². The Hall–Kier alpha value is -2.72. The first-order valence-electron chi connectivity index (χ1n) is 6.37. The van der Waals surface area contributed by atoms with Gasteiger partial charge in [0, 0.05) is 6.07 Å². The lowest BCUT2D eigenvalue weighted by atomic mass is 10.3. The highest BCUT2D eigenvalue weighted by atomic mass is 32.2. The van der Waals surface area contributed by atoms with Gasteiger partial charge >= 0.3 is 0 Å². The van der Waals surface area contributed by atoms with Crippen LogP contribution in [0.5, 0.6) is 0 Å². The maximum Gasteiger partial charge on any atom is 0.295 e. The van der Waals surface area contributed by atoms with Gasteiger partial charge in [-0.05, 0) is 38.1 Å². The van der Waals surface area contributed by atoms with Crippen molar-refractivity contribution in [3.63, 3.8) is 0 Å². The van der Waals surface area contributed by atoms with Gasteiger partial charge in [0.05, 0.1) is 9.82 Å². The molecule has 0 aliphatic rings. The Bertz CT molecular complexity index is 886. The first-order valence-corrected chi connectivity index (χ1v) is 7.91. The molecular weight excluding hydrogens is 324 g/mol. The monoisotopic (exact) mass is 338 g/mol. The average Bonchev–Trinajstić information content (AvgIpc) is 2.90. The topological polar surface area (TPSA) is 141 Å². The lowest BCUT2D eigenvalue weighted by Gasteiger charge is -2.05. The Balaban J connectivity index is 2.34. The summed E-state index contributed by atoms with van der Waals surface area (Å²) in [4.78, 5) is 10.0. The number of hydrogen-bond donors (Lipinski definition) is 2. The second-order valence-corrected chi connectivity index (χ2v) is 6.26. The van der Waals surface area contributed by atoms with Crippen LogP contribution in [0.2, 0.25) is 0 Å². The van der Waals surface area contributed by atoms with Crippen LogP contribution >= 0.6 is 0 Å². The van der Waals surface area contributed by atoms with E-state index in [4.69, 9.17) is 9.56 Å². The number of nitro groups is 1. The lowest BCUT2D eigenvalue weighted by molar-refractivity contribution is -0.384. The van der Waals surface area contributed by atoms with Crippen LogP contribution in [-0.2, 0) is 10.0 Å². The largest absolute Gasteiger partial charge is 0.460 e. The molecular formula is C13H14N4O5S. The van der Waals surface area contributed by atoms with Crippen molar-refractivity contribution in [2.75, 3.05) is 5.43 Å². The first-order chi connectivity index (χ1) is 10.7. The van der Waals surface area contributed by atoms with Gasteiger partial charge < -0.3 is 4.42 Å². The third kappa shape index (κ3) is 3.93. The van der Waals surface area contributed by atoms with E-state index in [1.54, 1.807) is 26.0 Å². The highest BCUT2D eigenvalue weighted by Gasteiger charge is 2.19. The van der Waals surface area contributed by atoms with E-state index in [0.29, 0.717) is 17.2 Å². The number of rotatable bonds is 5. The van der Waals surface area contributed by atoms with Gasteiger partial charge in [-0.25, -0.2) is 13.6 Å². The molecule has 0 saturated heterocycles. The predicted molar refractivity (Wildman–Crippen MR) is 83.7 cm³/mol. The fraction of sp³-hybridized carbons (Fsp3) is 0.154. The number of nitrogens with two attached hydrogens (primary N) is 1. The molecule has 2 rings (SSSR count). The molecule has 1 heterocycles. The summed E-state index contributed by atoms with van der Waals surface area (Å²) in [6.07, 6.45) is 0. The van der Waals surface area contributed by atoms with E-state index in [9.17, 15) is 18.5 Å². The number of benzene rings is 1. The van der Waals surface area contributed by atoms with Crippen LogP contribution < -0.4 is 10.6 Å². The number of nitro benzene ring substituents is 1. The molecule has 2 aromatic rings. The van der Waals surface area contributed by atoms with Gasteiger partial charge in [-0.3, -0.25) is 15.5 Å². The fourth-order valence-corrected chi connectivity index (χ4v) is 2.30. The molecule has 0 aliphatic heterocycles. The molecule has 0 bridgehead atoms. The van der Waals surface area contributed by atoms with Crippen LogP contribution in [0, 0.1) is 17.0 Å². The van der Waals surface area contributed by atoms with Crippen molar-refractivity contribution in [3.8, 4) is 0 Å². The number of aryl methyl sites for hydroxylation is 1. The molecule has 1 aromatic carbocycles. The number of furan rings is 1. The molecule has 0 spiro atoms. The number of sulfonamides is 1.